The SMILES string of the molecule is CNCCNCCCN(CC12CC3CC(CC(C3)C1)C2)C(=O)c1ccccc1. The number of nitrogens with zero attached hydrogens (tertiary/aromatic N) is 1. The lowest BCUT2D eigenvalue weighted by Gasteiger charge is -2.57. The Kier molecular flexibility index (Phi) is 6.37. The summed E-state index contributed by atoms with van der Waals surface area (Å²) in [6, 6.07) is 9.90. The van der Waals surface area contributed by atoms with Gasteiger partial charge in [-0.1, -0.05) is 18.2 Å². The number of likely N-dealkylation sites (N-methyl/N-ethyl adjacent to an activating group) is 1. The van der Waals surface area contributed by atoms with Gasteiger partial charge in [0.05, 0.1) is 0 Å². The summed E-state index contributed by atoms with van der Waals surface area (Å²) in [5.74, 6) is 3.03. The molecule has 0 unspecified atom stereocenters. The number of amides is 1. The lowest BCUT2D eigenvalue weighted by atomic mass is 9.49. The minimum Gasteiger partial charge on any atom is -0.338 e. The molecule has 4 heteroatoms. The van der Waals surface area contributed by atoms with Gasteiger partial charge in [-0.05, 0) is 93.8 Å². The third-order valence-electron chi connectivity index (χ3n) is 7.33. The van der Waals surface area contributed by atoms with E-state index in [1.807, 2.05) is 37.4 Å². The van der Waals surface area contributed by atoms with Crippen molar-refractivity contribution in [3.05, 3.63) is 35.9 Å². The zero-order valence-corrected chi connectivity index (χ0v) is 17.5. The molecule has 1 aromatic carbocycles. The van der Waals surface area contributed by atoms with Crippen LogP contribution in [-0.2, 0) is 0 Å². The summed E-state index contributed by atoms with van der Waals surface area (Å²) in [5.41, 5.74) is 1.24. The maximum absolute atomic E-state index is 13.3. The summed E-state index contributed by atoms with van der Waals surface area (Å²) < 4.78 is 0. The number of carbonyl (C=O) groups excluding carboxylic acids is 1. The van der Waals surface area contributed by atoms with E-state index in [0.717, 1.165) is 62.5 Å². The average molecular weight is 384 g/mol. The zero-order valence-electron chi connectivity index (χ0n) is 17.5. The summed E-state index contributed by atoms with van der Waals surface area (Å²) in [6.45, 7) is 4.78. The largest absolute Gasteiger partial charge is 0.338 e. The second kappa shape index (κ2) is 8.96. The third-order valence-corrected chi connectivity index (χ3v) is 7.33. The van der Waals surface area contributed by atoms with Gasteiger partial charge < -0.3 is 15.5 Å². The molecule has 4 saturated carbocycles. The fourth-order valence-corrected chi connectivity index (χ4v) is 6.64. The highest BCUT2D eigenvalue weighted by Crippen LogP contribution is 2.60. The fourth-order valence-electron chi connectivity index (χ4n) is 6.64. The van der Waals surface area contributed by atoms with Gasteiger partial charge in [-0.3, -0.25) is 4.79 Å². The Hall–Kier alpha value is -1.39. The molecule has 0 spiro atoms. The molecule has 4 nitrogen and oxygen atoms in total. The topological polar surface area (TPSA) is 44.4 Å². The number of benzene rings is 1. The van der Waals surface area contributed by atoms with Gasteiger partial charge in [-0.2, -0.15) is 0 Å². The van der Waals surface area contributed by atoms with Gasteiger partial charge in [-0.15, -0.1) is 0 Å². The number of hydrogen-bond donors (Lipinski definition) is 2. The van der Waals surface area contributed by atoms with E-state index in [0.29, 0.717) is 5.41 Å². The van der Waals surface area contributed by atoms with Gasteiger partial charge in [0.1, 0.15) is 0 Å². The van der Waals surface area contributed by atoms with Crippen molar-refractivity contribution in [3.63, 3.8) is 0 Å². The van der Waals surface area contributed by atoms with E-state index < -0.39 is 0 Å². The predicted octanol–water partition coefficient (Wildman–Crippen LogP) is 3.54. The van der Waals surface area contributed by atoms with Gasteiger partial charge in [0.15, 0.2) is 0 Å². The minimum atomic E-state index is 0.228. The fraction of sp³-hybridized carbons (Fsp3) is 0.708. The van der Waals surface area contributed by atoms with E-state index in [1.165, 1.54) is 38.5 Å². The van der Waals surface area contributed by atoms with Crippen molar-refractivity contribution in [1.82, 2.24) is 15.5 Å². The van der Waals surface area contributed by atoms with Gasteiger partial charge >= 0.3 is 0 Å². The first kappa shape index (κ1) is 19.9. The van der Waals surface area contributed by atoms with Crippen LogP contribution in [0, 0.1) is 23.2 Å². The molecule has 4 aliphatic carbocycles. The summed E-state index contributed by atoms with van der Waals surface area (Å²) in [4.78, 5) is 15.5. The lowest BCUT2D eigenvalue weighted by molar-refractivity contribution is -0.0653. The first-order valence-electron chi connectivity index (χ1n) is 11.4. The molecular weight excluding hydrogens is 346 g/mol. The molecule has 4 aliphatic rings. The molecule has 4 fully saturated rings. The van der Waals surface area contributed by atoms with Crippen LogP contribution >= 0.6 is 0 Å². The molecule has 0 radical (unpaired) electrons. The van der Waals surface area contributed by atoms with Crippen LogP contribution in [0.5, 0.6) is 0 Å². The minimum absolute atomic E-state index is 0.228. The molecule has 28 heavy (non-hydrogen) atoms. The first-order valence-corrected chi connectivity index (χ1v) is 11.4. The average Bonchev–Trinajstić information content (AvgIpc) is 2.68. The molecule has 1 aromatic rings. The normalized spacial score (nSPS) is 30.5. The molecule has 1 amide bonds. The summed E-state index contributed by atoms with van der Waals surface area (Å²) in [7, 11) is 1.98. The van der Waals surface area contributed by atoms with Crippen molar-refractivity contribution in [2.24, 2.45) is 23.2 Å². The molecule has 0 saturated heterocycles. The number of rotatable bonds is 10. The van der Waals surface area contributed by atoms with Crippen LogP contribution < -0.4 is 10.6 Å². The molecule has 0 heterocycles. The summed E-state index contributed by atoms with van der Waals surface area (Å²) in [5, 5.41) is 6.64. The quantitative estimate of drug-likeness (QED) is 0.608. The molecule has 0 atom stereocenters. The van der Waals surface area contributed by atoms with Crippen LogP contribution in [0.2, 0.25) is 0 Å². The Morgan fingerprint density at radius 1 is 1.00 bits per heavy atom. The highest BCUT2D eigenvalue weighted by Gasteiger charge is 2.51. The Morgan fingerprint density at radius 2 is 1.64 bits per heavy atom. The second-order valence-corrected chi connectivity index (χ2v) is 9.72. The van der Waals surface area contributed by atoms with E-state index >= 15 is 0 Å². The van der Waals surface area contributed by atoms with E-state index in [-0.39, 0.29) is 5.91 Å². The monoisotopic (exact) mass is 383 g/mol. The van der Waals surface area contributed by atoms with Crippen molar-refractivity contribution >= 4 is 5.91 Å². The molecule has 0 aliphatic heterocycles. The van der Waals surface area contributed by atoms with E-state index in [1.54, 1.807) is 0 Å². The Labute approximate surface area is 170 Å². The maximum Gasteiger partial charge on any atom is 0.253 e. The van der Waals surface area contributed by atoms with Crippen LogP contribution in [0.4, 0.5) is 0 Å². The number of nitrogens with one attached hydrogen (secondary N) is 2. The zero-order chi connectivity index (χ0) is 19.4. The summed E-state index contributed by atoms with van der Waals surface area (Å²) >= 11 is 0. The van der Waals surface area contributed by atoms with Crippen LogP contribution in [0.3, 0.4) is 0 Å². The molecule has 2 N–H and O–H groups in total. The van der Waals surface area contributed by atoms with Crippen molar-refractivity contribution < 1.29 is 4.79 Å². The Balaban J connectivity index is 1.41. The van der Waals surface area contributed by atoms with Crippen LogP contribution in [0.25, 0.3) is 0 Å². The Morgan fingerprint density at radius 3 is 2.25 bits per heavy atom. The van der Waals surface area contributed by atoms with E-state index in [2.05, 4.69) is 15.5 Å². The standard InChI is InChI=1S/C24H37N3O/c1-25-9-10-26-8-5-11-27(23(28)22-6-3-2-4-7-22)18-24-15-19-12-20(16-24)14-21(13-19)17-24/h2-4,6-7,19-21,25-26H,5,8-18H2,1H3. The molecule has 4 bridgehead atoms. The number of carbonyl (C=O) groups is 1. The highest BCUT2D eigenvalue weighted by atomic mass is 16.2. The van der Waals surface area contributed by atoms with Crippen LogP contribution in [0.15, 0.2) is 30.3 Å². The van der Waals surface area contributed by atoms with Crippen molar-refractivity contribution in [2.75, 3.05) is 39.8 Å². The maximum atomic E-state index is 13.3. The molecular formula is C24H37N3O. The third kappa shape index (κ3) is 4.60. The van der Waals surface area contributed by atoms with Crippen molar-refractivity contribution in [1.29, 1.82) is 0 Å². The highest BCUT2D eigenvalue weighted by molar-refractivity contribution is 5.94. The smallest absolute Gasteiger partial charge is 0.253 e. The molecule has 154 valence electrons. The summed E-state index contributed by atoms with van der Waals surface area (Å²) in [6.07, 6.45) is 9.48. The van der Waals surface area contributed by atoms with Crippen molar-refractivity contribution in [3.8, 4) is 0 Å². The van der Waals surface area contributed by atoms with E-state index in [9.17, 15) is 4.79 Å². The van der Waals surface area contributed by atoms with Crippen molar-refractivity contribution in [2.45, 2.75) is 44.9 Å². The van der Waals surface area contributed by atoms with E-state index in [4.69, 9.17) is 0 Å². The molecule has 5 rings (SSSR count). The van der Waals surface area contributed by atoms with Gasteiger partial charge in [0, 0.05) is 31.7 Å². The van der Waals surface area contributed by atoms with Gasteiger partial charge in [0.2, 0.25) is 0 Å². The Bertz CT molecular complexity index is 609. The predicted molar refractivity (Wildman–Crippen MR) is 114 cm³/mol. The number of hydrogen-bond acceptors (Lipinski definition) is 3. The second-order valence-electron chi connectivity index (χ2n) is 9.72. The first-order chi connectivity index (χ1) is 13.7. The van der Waals surface area contributed by atoms with Gasteiger partial charge in [-0.25, -0.2) is 0 Å². The van der Waals surface area contributed by atoms with Crippen LogP contribution in [-0.4, -0.2) is 50.6 Å². The lowest BCUT2D eigenvalue weighted by Crippen LogP contribution is -2.52. The van der Waals surface area contributed by atoms with Crippen LogP contribution in [0.1, 0.15) is 55.3 Å². The molecule has 0 aromatic heterocycles. The van der Waals surface area contributed by atoms with Gasteiger partial charge in [0.25, 0.3) is 5.91 Å².